The van der Waals surface area contributed by atoms with Gasteiger partial charge in [0.1, 0.15) is 13.2 Å². The second-order valence-electron chi connectivity index (χ2n) is 4.20. The number of amides is 1. The third kappa shape index (κ3) is 3.59. The van der Waals surface area contributed by atoms with Crippen LogP contribution in [0, 0.1) is 0 Å². The molecule has 0 saturated carbocycles. The number of anilines is 1. The van der Waals surface area contributed by atoms with Gasteiger partial charge in [0, 0.05) is 25.4 Å². The Morgan fingerprint density at radius 3 is 2.84 bits per heavy atom. The highest BCUT2D eigenvalue weighted by atomic mass is 16.6. The van der Waals surface area contributed by atoms with Crippen molar-refractivity contribution in [3.05, 3.63) is 18.2 Å². The molecule has 0 spiro atoms. The SMILES string of the molecule is COC(CN)CC(=O)Nc1ccc2c(c1)OCCO2. The minimum absolute atomic E-state index is 0.144. The smallest absolute Gasteiger partial charge is 0.227 e. The van der Waals surface area contributed by atoms with E-state index in [9.17, 15) is 4.79 Å². The number of nitrogens with one attached hydrogen (secondary N) is 1. The first-order valence-electron chi connectivity index (χ1n) is 6.15. The van der Waals surface area contributed by atoms with Crippen molar-refractivity contribution >= 4 is 11.6 Å². The van der Waals surface area contributed by atoms with E-state index in [0.717, 1.165) is 0 Å². The van der Waals surface area contributed by atoms with Gasteiger partial charge in [-0.2, -0.15) is 0 Å². The highest BCUT2D eigenvalue weighted by Crippen LogP contribution is 2.32. The molecule has 1 unspecified atom stereocenters. The van der Waals surface area contributed by atoms with Crippen LogP contribution >= 0.6 is 0 Å². The van der Waals surface area contributed by atoms with E-state index in [4.69, 9.17) is 19.9 Å². The molecule has 19 heavy (non-hydrogen) atoms. The first-order valence-corrected chi connectivity index (χ1v) is 6.15. The van der Waals surface area contributed by atoms with Crippen LogP contribution in [0.4, 0.5) is 5.69 Å². The Balaban J connectivity index is 1.97. The van der Waals surface area contributed by atoms with Crippen molar-refractivity contribution in [2.45, 2.75) is 12.5 Å². The molecule has 0 bridgehead atoms. The lowest BCUT2D eigenvalue weighted by Crippen LogP contribution is -2.28. The van der Waals surface area contributed by atoms with Gasteiger partial charge >= 0.3 is 0 Å². The minimum Gasteiger partial charge on any atom is -0.486 e. The maximum Gasteiger partial charge on any atom is 0.227 e. The number of hydrogen-bond donors (Lipinski definition) is 2. The lowest BCUT2D eigenvalue weighted by Gasteiger charge is -2.19. The Morgan fingerprint density at radius 1 is 1.42 bits per heavy atom. The summed E-state index contributed by atoms with van der Waals surface area (Å²) in [6, 6.07) is 5.30. The first kappa shape index (κ1) is 13.6. The fourth-order valence-electron chi connectivity index (χ4n) is 1.80. The Bertz CT molecular complexity index is 446. The van der Waals surface area contributed by atoms with Crippen LogP contribution in [0.2, 0.25) is 0 Å². The molecule has 0 saturated heterocycles. The predicted octanol–water partition coefficient (Wildman–Crippen LogP) is 0.760. The van der Waals surface area contributed by atoms with Crippen molar-refractivity contribution in [1.29, 1.82) is 0 Å². The number of benzene rings is 1. The molecule has 104 valence electrons. The molecule has 1 aliphatic heterocycles. The number of carbonyl (C=O) groups is 1. The number of rotatable bonds is 5. The predicted molar refractivity (Wildman–Crippen MR) is 70.5 cm³/mol. The summed E-state index contributed by atoms with van der Waals surface area (Å²) in [5, 5.41) is 2.78. The molecule has 6 heteroatoms. The number of carbonyl (C=O) groups excluding carboxylic acids is 1. The molecule has 1 aromatic carbocycles. The lowest BCUT2D eigenvalue weighted by atomic mass is 10.2. The van der Waals surface area contributed by atoms with Crippen LogP contribution in [-0.4, -0.2) is 38.9 Å². The normalized spacial score (nSPS) is 14.8. The van der Waals surface area contributed by atoms with E-state index in [-0.39, 0.29) is 18.4 Å². The zero-order valence-corrected chi connectivity index (χ0v) is 10.8. The molecule has 1 atom stereocenters. The molecule has 3 N–H and O–H groups in total. The van der Waals surface area contributed by atoms with Gasteiger partial charge in [0.25, 0.3) is 0 Å². The Labute approximate surface area is 111 Å². The molecule has 0 fully saturated rings. The average molecular weight is 266 g/mol. The molecule has 2 rings (SSSR count). The average Bonchev–Trinajstić information content (AvgIpc) is 2.44. The molecule has 0 aromatic heterocycles. The summed E-state index contributed by atoms with van der Waals surface area (Å²) < 4.78 is 15.9. The summed E-state index contributed by atoms with van der Waals surface area (Å²) in [5.41, 5.74) is 6.14. The van der Waals surface area contributed by atoms with E-state index >= 15 is 0 Å². The van der Waals surface area contributed by atoms with Gasteiger partial charge in [-0.3, -0.25) is 4.79 Å². The molecule has 1 amide bonds. The van der Waals surface area contributed by atoms with Gasteiger partial charge in [0.2, 0.25) is 5.91 Å². The van der Waals surface area contributed by atoms with E-state index < -0.39 is 0 Å². The number of fused-ring (bicyclic) bond motifs is 1. The quantitative estimate of drug-likeness (QED) is 0.822. The highest BCUT2D eigenvalue weighted by Gasteiger charge is 2.14. The Morgan fingerprint density at radius 2 is 2.16 bits per heavy atom. The monoisotopic (exact) mass is 266 g/mol. The highest BCUT2D eigenvalue weighted by molar-refractivity contribution is 5.91. The second kappa shape index (κ2) is 6.40. The van der Waals surface area contributed by atoms with E-state index in [0.29, 0.717) is 36.9 Å². The van der Waals surface area contributed by atoms with Crippen LogP contribution in [0.15, 0.2) is 18.2 Å². The van der Waals surface area contributed by atoms with E-state index in [2.05, 4.69) is 5.32 Å². The molecule has 1 heterocycles. The van der Waals surface area contributed by atoms with Gasteiger partial charge < -0.3 is 25.3 Å². The van der Waals surface area contributed by atoms with E-state index in [1.807, 2.05) is 0 Å². The van der Waals surface area contributed by atoms with Crippen molar-refractivity contribution in [1.82, 2.24) is 0 Å². The summed E-state index contributed by atoms with van der Waals surface area (Å²) >= 11 is 0. The molecule has 6 nitrogen and oxygen atoms in total. The minimum atomic E-state index is -0.266. The molecular weight excluding hydrogens is 248 g/mol. The summed E-state index contributed by atoms with van der Waals surface area (Å²) in [5.74, 6) is 1.20. The topological polar surface area (TPSA) is 82.8 Å². The van der Waals surface area contributed by atoms with Crippen molar-refractivity contribution in [3.63, 3.8) is 0 Å². The van der Waals surface area contributed by atoms with Crippen LogP contribution in [0.25, 0.3) is 0 Å². The van der Waals surface area contributed by atoms with Crippen LogP contribution in [0.1, 0.15) is 6.42 Å². The van der Waals surface area contributed by atoms with Crippen LogP contribution in [-0.2, 0) is 9.53 Å². The third-order valence-corrected chi connectivity index (χ3v) is 2.84. The van der Waals surface area contributed by atoms with Gasteiger partial charge in [-0.15, -0.1) is 0 Å². The maximum atomic E-state index is 11.8. The Hall–Kier alpha value is -1.79. The lowest BCUT2D eigenvalue weighted by molar-refractivity contribution is -0.118. The molecule has 0 aliphatic carbocycles. The number of nitrogens with two attached hydrogens (primary N) is 1. The largest absolute Gasteiger partial charge is 0.486 e. The fourth-order valence-corrected chi connectivity index (χ4v) is 1.80. The van der Waals surface area contributed by atoms with E-state index in [1.165, 1.54) is 7.11 Å². The molecule has 0 radical (unpaired) electrons. The standard InChI is InChI=1S/C13H18N2O4/c1-17-10(8-14)7-13(16)15-9-2-3-11-12(6-9)19-5-4-18-11/h2-3,6,10H,4-5,7-8,14H2,1H3,(H,15,16). The fraction of sp³-hybridized carbons (Fsp3) is 0.462. The second-order valence-corrected chi connectivity index (χ2v) is 4.20. The summed E-state index contributed by atoms with van der Waals surface area (Å²) in [6.45, 7) is 1.37. The van der Waals surface area contributed by atoms with Gasteiger partial charge in [-0.05, 0) is 12.1 Å². The molecular formula is C13H18N2O4. The summed E-state index contributed by atoms with van der Waals surface area (Å²) in [7, 11) is 1.54. The maximum absolute atomic E-state index is 11.8. The van der Waals surface area contributed by atoms with Crippen LogP contribution < -0.4 is 20.5 Å². The number of ether oxygens (including phenoxy) is 3. The first-order chi connectivity index (χ1) is 9.22. The van der Waals surface area contributed by atoms with Crippen molar-refractivity contribution in [2.24, 2.45) is 5.73 Å². The zero-order valence-electron chi connectivity index (χ0n) is 10.8. The van der Waals surface area contributed by atoms with Crippen molar-refractivity contribution in [2.75, 3.05) is 32.2 Å². The summed E-state index contributed by atoms with van der Waals surface area (Å²) in [6.07, 6.45) is -0.0428. The zero-order chi connectivity index (χ0) is 13.7. The Kier molecular flexibility index (Phi) is 4.59. The number of methoxy groups -OCH3 is 1. The molecule has 1 aromatic rings. The van der Waals surface area contributed by atoms with Gasteiger partial charge in [0.05, 0.1) is 12.5 Å². The number of hydrogen-bond acceptors (Lipinski definition) is 5. The van der Waals surface area contributed by atoms with Crippen LogP contribution in [0.5, 0.6) is 11.5 Å². The van der Waals surface area contributed by atoms with Crippen molar-refractivity contribution < 1.29 is 19.0 Å². The third-order valence-electron chi connectivity index (χ3n) is 2.84. The van der Waals surface area contributed by atoms with Gasteiger partial charge in [0.15, 0.2) is 11.5 Å². The van der Waals surface area contributed by atoms with E-state index in [1.54, 1.807) is 18.2 Å². The van der Waals surface area contributed by atoms with Gasteiger partial charge in [-0.1, -0.05) is 0 Å². The van der Waals surface area contributed by atoms with Gasteiger partial charge in [-0.25, -0.2) is 0 Å². The molecule has 1 aliphatic rings. The summed E-state index contributed by atoms with van der Waals surface area (Å²) in [4.78, 5) is 11.8. The van der Waals surface area contributed by atoms with Crippen molar-refractivity contribution in [3.8, 4) is 11.5 Å². The van der Waals surface area contributed by atoms with Crippen LogP contribution in [0.3, 0.4) is 0 Å².